The zero-order valence-corrected chi connectivity index (χ0v) is 20.9. The highest BCUT2D eigenvalue weighted by Crippen LogP contribution is 2.35. The second kappa shape index (κ2) is 9.52. The zero-order chi connectivity index (χ0) is 25.4. The summed E-state index contributed by atoms with van der Waals surface area (Å²) in [7, 11) is 0. The van der Waals surface area contributed by atoms with E-state index in [1.807, 2.05) is 97.2 Å². The molecule has 1 aliphatic rings. The van der Waals surface area contributed by atoms with Crippen LogP contribution in [0.25, 0.3) is 22.7 Å². The highest BCUT2D eigenvalue weighted by molar-refractivity contribution is 7.07. The fraction of sp³-hybridized carbons (Fsp3) is 0.100. The monoisotopic (exact) mass is 505 g/mol. The Bertz CT molecular complexity index is 1830. The quantitative estimate of drug-likeness (QED) is 0.360. The molecule has 1 atom stereocenters. The van der Waals surface area contributed by atoms with E-state index >= 15 is 0 Å². The first-order chi connectivity index (χ1) is 18.2. The summed E-state index contributed by atoms with van der Waals surface area (Å²) in [6, 6.07) is 26.4. The van der Waals surface area contributed by atoms with Gasteiger partial charge < -0.3 is 9.72 Å². The van der Waals surface area contributed by atoms with Crippen LogP contribution in [0.1, 0.15) is 29.7 Å². The lowest BCUT2D eigenvalue weighted by Crippen LogP contribution is -2.39. The highest BCUT2D eigenvalue weighted by Gasteiger charge is 2.35. The van der Waals surface area contributed by atoms with Gasteiger partial charge in [-0.1, -0.05) is 90.2 Å². The van der Waals surface area contributed by atoms with Crippen LogP contribution in [-0.4, -0.2) is 22.1 Å². The van der Waals surface area contributed by atoms with Crippen LogP contribution < -0.4 is 14.9 Å². The van der Waals surface area contributed by atoms with Gasteiger partial charge in [-0.3, -0.25) is 9.36 Å². The van der Waals surface area contributed by atoms with Gasteiger partial charge in [0.25, 0.3) is 5.56 Å². The lowest BCUT2D eigenvalue weighted by atomic mass is 9.93. The number of fused-ring (bicyclic) bond motifs is 2. The smallest absolute Gasteiger partial charge is 0.338 e. The molecule has 0 aliphatic carbocycles. The molecule has 3 heterocycles. The molecule has 3 aromatic carbocycles. The number of ether oxygens (including phenoxy) is 1. The first-order valence-electron chi connectivity index (χ1n) is 12.0. The number of esters is 1. The van der Waals surface area contributed by atoms with Crippen molar-refractivity contribution in [1.82, 2.24) is 9.55 Å². The molecule has 2 aromatic heterocycles. The maximum Gasteiger partial charge on any atom is 0.338 e. The Morgan fingerprint density at radius 2 is 1.73 bits per heavy atom. The number of aromatic amines is 1. The fourth-order valence-electron chi connectivity index (χ4n) is 4.75. The predicted octanol–water partition coefficient (Wildman–Crippen LogP) is 4.42. The summed E-state index contributed by atoms with van der Waals surface area (Å²) in [6.45, 7) is 1.99. The lowest BCUT2D eigenvalue weighted by Gasteiger charge is -2.25. The van der Waals surface area contributed by atoms with Crippen molar-refractivity contribution in [2.75, 3.05) is 6.61 Å². The Morgan fingerprint density at radius 1 is 1.03 bits per heavy atom. The molecule has 6 rings (SSSR count). The molecule has 0 bridgehead atoms. The van der Waals surface area contributed by atoms with E-state index < -0.39 is 12.0 Å². The standard InChI is InChI=1S/C30H23N3O3S/c1-2-36-29(35)25-26(19-11-5-3-6-12-19)32-30-33(27(25)20-13-7-4-8-14-20)28(34)24(37-30)17-21-18-31-23-16-10-9-15-22(21)23/h3-18,27,31H,2H2,1H3/b24-17-/t27-/m0/s1. The van der Waals surface area contributed by atoms with E-state index in [0.717, 1.165) is 27.6 Å². The van der Waals surface area contributed by atoms with Crippen molar-refractivity contribution in [2.24, 2.45) is 4.99 Å². The van der Waals surface area contributed by atoms with Gasteiger partial charge in [-0.05, 0) is 24.6 Å². The molecule has 37 heavy (non-hydrogen) atoms. The number of aromatic nitrogens is 2. The van der Waals surface area contributed by atoms with Gasteiger partial charge >= 0.3 is 5.97 Å². The van der Waals surface area contributed by atoms with E-state index in [1.165, 1.54) is 11.3 Å². The number of nitrogens with one attached hydrogen (secondary N) is 1. The van der Waals surface area contributed by atoms with Crippen molar-refractivity contribution in [1.29, 1.82) is 0 Å². The van der Waals surface area contributed by atoms with Crippen LogP contribution in [0.5, 0.6) is 0 Å². The number of hydrogen-bond donors (Lipinski definition) is 1. The molecule has 0 fully saturated rings. The average Bonchev–Trinajstić information content (AvgIpc) is 3.49. The van der Waals surface area contributed by atoms with E-state index in [2.05, 4.69) is 4.98 Å². The molecular weight excluding hydrogens is 482 g/mol. The summed E-state index contributed by atoms with van der Waals surface area (Å²) in [6.07, 6.45) is 3.79. The second-order valence-corrected chi connectivity index (χ2v) is 9.64. The van der Waals surface area contributed by atoms with Gasteiger partial charge in [0.1, 0.15) is 0 Å². The molecule has 0 spiro atoms. The molecule has 0 amide bonds. The number of thiazole rings is 1. The summed E-state index contributed by atoms with van der Waals surface area (Å²) in [5.41, 5.74) is 4.20. The Balaban J connectivity index is 1.65. The Kier molecular flexibility index (Phi) is 5.90. The van der Waals surface area contributed by atoms with Crippen molar-refractivity contribution in [3.8, 4) is 0 Å². The normalized spacial score (nSPS) is 15.5. The van der Waals surface area contributed by atoms with Gasteiger partial charge in [-0.2, -0.15) is 0 Å². The minimum absolute atomic E-state index is 0.197. The van der Waals surface area contributed by atoms with Gasteiger partial charge in [-0.15, -0.1) is 0 Å². The van der Waals surface area contributed by atoms with Crippen molar-refractivity contribution >= 4 is 40.0 Å². The molecule has 1 N–H and O–H groups in total. The summed E-state index contributed by atoms with van der Waals surface area (Å²) < 4.78 is 7.67. The van der Waals surface area contributed by atoms with Crippen LogP contribution in [0.15, 0.2) is 106 Å². The lowest BCUT2D eigenvalue weighted by molar-refractivity contribution is -0.138. The highest BCUT2D eigenvalue weighted by atomic mass is 32.1. The van der Waals surface area contributed by atoms with Gasteiger partial charge in [0, 0.05) is 28.2 Å². The van der Waals surface area contributed by atoms with E-state index in [0.29, 0.717) is 20.6 Å². The third-order valence-electron chi connectivity index (χ3n) is 6.40. The first kappa shape index (κ1) is 22.9. The number of carbonyl (C=O) groups is 1. The molecular formula is C30H23N3O3S. The molecule has 7 heteroatoms. The van der Waals surface area contributed by atoms with E-state index in [4.69, 9.17) is 9.73 Å². The Morgan fingerprint density at radius 3 is 2.49 bits per heavy atom. The zero-order valence-electron chi connectivity index (χ0n) is 20.0. The number of rotatable bonds is 5. The largest absolute Gasteiger partial charge is 0.463 e. The number of hydrogen-bond acceptors (Lipinski definition) is 5. The van der Waals surface area contributed by atoms with Crippen LogP contribution in [0, 0.1) is 0 Å². The topological polar surface area (TPSA) is 76.4 Å². The third-order valence-corrected chi connectivity index (χ3v) is 7.38. The average molecular weight is 506 g/mol. The van der Waals surface area contributed by atoms with Crippen molar-refractivity contribution in [2.45, 2.75) is 13.0 Å². The third kappa shape index (κ3) is 4.03. The number of H-pyrrole nitrogens is 1. The molecule has 0 saturated heterocycles. The predicted molar refractivity (Wildman–Crippen MR) is 146 cm³/mol. The summed E-state index contributed by atoms with van der Waals surface area (Å²) in [5, 5.41) is 1.03. The second-order valence-electron chi connectivity index (χ2n) is 8.63. The molecule has 6 nitrogen and oxygen atoms in total. The number of carbonyl (C=O) groups excluding carboxylic acids is 1. The van der Waals surface area contributed by atoms with Crippen LogP contribution >= 0.6 is 11.3 Å². The summed E-state index contributed by atoms with van der Waals surface area (Å²) >= 11 is 1.32. The molecule has 0 saturated carbocycles. The molecule has 0 unspecified atom stereocenters. The Hall–Kier alpha value is -4.49. The van der Waals surface area contributed by atoms with Crippen LogP contribution in [-0.2, 0) is 9.53 Å². The van der Waals surface area contributed by atoms with Crippen LogP contribution in [0.4, 0.5) is 0 Å². The van der Waals surface area contributed by atoms with Gasteiger partial charge in [-0.25, -0.2) is 9.79 Å². The molecule has 182 valence electrons. The van der Waals surface area contributed by atoms with E-state index in [-0.39, 0.29) is 12.2 Å². The number of benzene rings is 3. The fourth-order valence-corrected chi connectivity index (χ4v) is 5.74. The molecule has 0 radical (unpaired) electrons. The van der Waals surface area contributed by atoms with Gasteiger partial charge in [0.05, 0.1) is 28.5 Å². The van der Waals surface area contributed by atoms with Crippen molar-refractivity contribution < 1.29 is 9.53 Å². The van der Waals surface area contributed by atoms with Crippen LogP contribution in [0.3, 0.4) is 0 Å². The maximum absolute atomic E-state index is 13.9. The molecule has 1 aliphatic heterocycles. The van der Waals surface area contributed by atoms with E-state index in [1.54, 1.807) is 11.5 Å². The van der Waals surface area contributed by atoms with Crippen molar-refractivity contribution in [3.63, 3.8) is 0 Å². The van der Waals surface area contributed by atoms with Crippen LogP contribution in [0.2, 0.25) is 0 Å². The number of nitrogens with zero attached hydrogens (tertiary/aromatic N) is 2. The first-order valence-corrected chi connectivity index (χ1v) is 12.9. The summed E-state index contributed by atoms with van der Waals surface area (Å²) in [4.78, 5) is 36.0. The minimum atomic E-state index is -0.670. The summed E-state index contributed by atoms with van der Waals surface area (Å²) in [5.74, 6) is -0.482. The van der Waals surface area contributed by atoms with Crippen molar-refractivity contribution in [3.05, 3.63) is 133 Å². The molecule has 5 aromatic rings. The van der Waals surface area contributed by atoms with Gasteiger partial charge in [0.15, 0.2) is 4.80 Å². The maximum atomic E-state index is 13.9. The Labute approximate surface area is 216 Å². The SMILES string of the molecule is CCOC(=O)C1=C(c2ccccc2)N=c2s/c(=C\c3c[nH]c4ccccc34)c(=O)n2[C@H]1c1ccccc1. The van der Waals surface area contributed by atoms with E-state index in [9.17, 15) is 9.59 Å². The number of para-hydroxylation sites is 1. The minimum Gasteiger partial charge on any atom is -0.463 e. The van der Waals surface area contributed by atoms with Gasteiger partial charge in [0.2, 0.25) is 0 Å².